The molecule has 2 aromatic rings. The Morgan fingerprint density at radius 3 is 2.55 bits per heavy atom. The highest BCUT2D eigenvalue weighted by molar-refractivity contribution is 6.05. The van der Waals surface area contributed by atoms with E-state index in [0.29, 0.717) is 24.4 Å². The van der Waals surface area contributed by atoms with Crippen LogP contribution in [-0.2, 0) is 22.7 Å². The number of aryl methyl sites for hydroxylation is 1. The first kappa shape index (κ1) is 21.8. The third-order valence-corrected chi connectivity index (χ3v) is 7.11. The largest absolute Gasteiger partial charge is 0.322 e. The van der Waals surface area contributed by atoms with Gasteiger partial charge in [0.2, 0.25) is 11.8 Å². The lowest BCUT2D eigenvalue weighted by atomic mass is 9.87. The Balaban J connectivity index is 1.23. The van der Waals surface area contributed by atoms with Gasteiger partial charge in [-0.1, -0.05) is 18.2 Å². The van der Waals surface area contributed by atoms with E-state index in [4.69, 9.17) is 0 Å². The second kappa shape index (κ2) is 8.71. The molecule has 0 saturated carbocycles. The van der Waals surface area contributed by atoms with E-state index in [-0.39, 0.29) is 30.0 Å². The van der Waals surface area contributed by atoms with Crippen LogP contribution in [0.25, 0.3) is 0 Å². The number of nitrogens with zero attached hydrogens (tertiary/aromatic N) is 2. The molecule has 0 aliphatic carbocycles. The van der Waals surface area contributed by atoms with Gasteiger partial charge in [-0.3, -0.25) is 24.6 Å². The fraction of sp³-hybridized carbons (Fsp3) is 0.423. The lowest BCUT2D eigenvalue weighted by molar-refractivity contribution is -0.136. The monoisotopic (exact) mass is 449 g/mol. The quantitative estimate of drug-likeness (QED) is 0.728. The summed E-state index contributed by atoms with van der Waals surface area (Å²) in [6.45, 7) is 4.97. The summed E-state index contributed by atoms with van der Waals surface area (Å²) in [5.74, 6) is -0.555. The van der Waals surface area contributed by atoms with Crippen molar-refractivity contribution in [3.8, 4) is 0 Å². The highest BCUT2D eigenvalue weighted by Gasteiger charge is 2.39. The molecule has 6 nitrogen and oxygen atoms in total. The summed E-state index contributed by atoms with van der Waals surface area (Å²) in [6.07, 6.45) is 2.66. The Morgan fingerprint density at radius 1 is 1.03 bits per heavy atom. The lowest BCUT2D eigenvalue weighted by Crippen LogP contribution is -2.52. The van der Waals surface area contributed by atoms with Gasteiger partial charge < -0.3 is 4.90 Å². The van der Waals surface area contributed by atoms with E-state index >= 15 is 0 Å². The maximum atomic E-state index is 13.7. The number of hydrogen-bond acceptors (Lipinski definition) is 4. The molecule has 1 atom stereocenters. The zero-order chi connectivity index (χ0) is 23.1. The van der Waals surface area contributed by atoms with Gasteiger partial charge in [-0.2, -0.15) is 0 Å². The number of amides is 3. The highest BCUT2D eigenvalue weighted by atomic mass is 19.1. The van der Waals surface area contributed by atoms with Crippen molar-refractivity contribution in [2.45, 2.75) is 57.7 Å². The summed E-state index contributed by atoms with van der Waals surface area (Å²) in [7, 11) is 0. The fourth-order valence-electron chi connectivity index (χ4n) is 5.43. The molecule has 5 rings (SSSR count). The topological polar surface area (TPSA) is 69.7 Å². The highest BCUT2D eigenvalue weighted by Crippen LogP contribution is 2.34. The first-order chi connectivity index (χ1) is 15.9. The van der Waals surface area contributed by atoms with Crippen LogP contribution in [0.1, 0.15) is 64.2 Å². The van der Waals surface area contributed by atoms with Gasteiger partial charge >= 0.3 is 0 Å². The van der Waals surface area contributed by atoms with E-state index in [0.717, 1.165) is 49.2 Å². The predicted molar refractivity (Wildman–Crippen MR) is 121 cm³/mol. The van der Waals surface area contributed by atoms with E-state index in [1.807, 2.05) is 25.1 Å². The standard InChI is InChI=1S/C26H28FN3O3/c1-16-10-17(12-21(27)11-16)14-29-8-6-18(7-9-29)19-2-3-22-20(13-19)15-30(26(22)33)23-4-5-24(31)28-25(23)32/h2-3,10-13,18,23H,4-9,14-15H2,1H3,(H,28,31,32). The normalized spacial score (nSPS) is 21.9. The maximum Gasteiger partial charge on any atom is 0.255 e. The average molecular weight is 450 g/mol. The minimum atomic E-state index is -0.583. The van der Waals surface area contributed by atoms with Crippen molar-refractivity contribution >= 4 is 17.7 Å². The number of benzene rings is 2. The van der Waals surface area contributed by atoms with Gasteiger partial charge in [0, 0.05) is 25.1 Å². The molecule has 33 heavy (non-hydrogen) atoms. The zero-order valence-electron chi connectivity index (χ0n) is 18.8. The van der Waals surface area contributed by atoms with Gasteiger partial charge in [0.25, 0.3) is 5.91 Å². The molecule has 3 aliphatic heterocycles. The molecule has 0 spiro atoms. The Bertz CT molecular complexity index is 1100. The molecule has 2 saturated heterocycles. The summed E-state index contributed by atoms with van der Waals surface area (Å²) in [6, 6.07) is 10.7. The minimum Gasteiger partial charge on any atom is -0.322 e. The third kappa shape index (κ3) is 4.42. The Morgan fingerprint density at radius 2 is 1.82 bits per heavy atom. The van der Waals surface area contributed by atoms with Gasteiger partial charge in [0.15, 0.2) is 0 Å². The minimum absolute atomic E-state index is 0.133. The number of piperidine rings is 2. The summed E-state index contributed by atoms with van der Waals surface area (Å²) in [5.41, 5.74) is 4.80. The number of halogens is 1. The number of imide groups is 1. The van der Waals surface area contributed by atoms with Crippen LogP contribution < -0.4 is 5.32 Å². The molecule has 0 radical (unpaired) electrons. The number of carbonyl (C=O) groups is 3. The first-order valence-corrected chi connectivity index (χ1v) is 11.6. The number of nitrogens with one attached hydrogen (secondary N) is 1. The van der Waals surface area contributed by atoms with Crippen molar-refractivity contribution in [2.75, 3.05) is 13.1 Å². The average Bonchev–Trinajstić information content (AvgIpc) is 3.09. The smallest absolute Gasteiger partial charge is 0.255 e. The van der Waals surface area contributed by atoms with Gasteiger partial charge in [-0.25, -0.2) is 4.39 Å². The van der Waals surface area contributed by atoms with Gasteiger partial charge in [-0.15, -0.1) is 0 Å². The van der Waals surface area contributed by atoms with Crippen LogP contribution in [0.5, 0.6) is 0 Å². The van der Waals surface area contributed by atoms with Crippen LogP contribution in [0.2, 0.25) is 0 Å². The molecule has 0 bridgehead atoms. The van der Waals surface area contributed by atoms with Crippen LogP contribution in [0.15, 0.2) is 36.4 Å². The molecule has 3 aliphatic rings. The van der Waals surface area contributed by atoms with Crippen LogP contribution >= 0.6 is 0 Å². The Kier molecular flexibility index (Phi) is 5.74. The van der Waals surface area contributed by atoms with Crippen molar-refractivity contribution in [1.29, 1.82) is 0 Å². The van der Waals surface area contributed by atoms with Gasteiger partial charge in [0.1, 0.15) is 11.9 Å². The van der Waals surface area contributed by atoms with Crippen molar-refractivity contribution < 1.29 is 18.8 Å². The second-order valence-corrected chi connectivity index (χ2v) is 9.50. The number of rotatable bonds is 4. The second-order valence-electron chi connectivity index (χ2n) is 9.50. The van der Waals surface area contributed by atoms with E-state index in [9.17, 15) is 18.8 Å². The van der Waals surface area contributed by atoms with Crippen LogP contribution in [0.3, 0.4) is 0 Å². The molecule has 1 unspecified atom stereocenters. The van der Waals surface area contributed by atoms with Crippen molar-refractivity contribution in [1.82, 2.24) is 15.1 Å². The van der Waals surface area contributed by atoms with E-state index in [1.54, 1.807) is 17.0 Å². The molecule has 7 heteroatoms. The lowest BCUT2D eigenvalue weighted by Gasteiger charge is -2.32. The predicted octanol–water partition coefficient (Wildman–Crippen LogP) is 3.27. The van der Waals surface area contributed by atoms with E-state index < -0.39 is 6.04 Å². The number of fused-ring (bicyclic) bond motifs is 1. The molecule has 1 N–H and O–H groups in total. The molecule has 2 fully saturated rings. The summed E-state index contributed by atoms with van der Waals surface area (Å²) < 4.78 is 13.7. The van der Waals surface area contributed by atoms with Crippen molar-refractivity contribution in [3.63, 3.8) is 0 Å². The van der Waals surface area contributed by atoms with Crippen LogP contribution in [0.4, 0.5) is 4.39 Å². The van der Waals surface area contributed by atoms with Crippen LogP contribution in [-0.4, -0.2) is 46.7 Å². The summed E-state index contributed by atoms with van der Waals surface area (Å²) in [5, 5.41) is 2.35. The molecule has 172 valence electrons. The third-order valence-electron chi connectivity index (χ3n) is 7.11. The SMILES string of the molecule is Cc1cc(F)cc(CN2CCC(c3ccc4c(c3)CN(C3CCC(=O)NC3=O)C4=O)CC2)c1. The van der Waals surface area contributed by atoms with Gasteiger partial charge in [-0.05, 0) is 85.6 Å². The Labute approximate surface area is 192 Å². The molecular weight excluding hydrogens is 421 g/mol. The zero-order valence-corrected chi connectivity index (χ0v) is 18.8. The number of hydrogen-bond donors (Lipinski definition) is 1. The van der Waals surface area contributed by atoms with E-state index in [2.05, 4.69) is 16.3 Å². The maximum absolute atomic E-state index is 13.7. The molecule has 0 aromatic heterocycles. The number of likely N-dealkylation sites (tertiary alicyclic amines) is 1. The molecule has 2 aromatic carbocycles. The molecule has 3 heterocycles. The summed E-state index contributed by atoms with van der Waals surface area (Å²) in [4.78, 5) is 40.6. The van der Waals surface area contributed by atoms with Gasteiger partial charge in [0.05, 0.1) is 0 Å². The van der Waals surface area contributed by atoms with E-state index in [1.165, 1.54) is 5.56 Å². The number of carbonyl (C=O) groups excluding carboxylic acids is 3. The van der Waals surface area contributed by atoms with Crippen molar-refractivity contribution in [3.05, 3.63) is 70.0 Å². The summed E-state index contributed by atoms with van der Waals surface area (Å²) >= 11 is 0. The molecule has 3 amide bonds. The molecular formula is C26H28FN3O3. The Hall–Kier alpha value is -3.06. The fourth-order valence-corrected chi connectivity index (χ4v) is 5.43. The van der Waals surface area contributed by atoms with Crippen molar-refractivity contribution in [2.24, 2.45) is 0 Å². The van der Waals surface area contributed by atoms with Crippen LogP contribution in [0, 0.1) is 12.7 Å². The first-order valence-electron chi connectivity index (χ1n) is 11.6.